The topological polar surface area (TPSA) is 30.4 Å². The highest BCUT2D eigenvalue weighted by atomic mass is 16.5. The Labute approximate surface area is 53.1 Å². The van der Waals surface area contributed by atoms with Crippen LogP contribution in [0.2, 0.25) is 0 Å². The van der Waals surface area contributed by atoms with Crippen LogP contribution < -0.4 is 0 Å². The average Bonchev–Trinajstić information content (AvgIpc) is 2.18. The number of rotatable bonds is 1. The lowest BCUT2D eigenvalue weighted by Gasteiger charge is -1.79. The third kappa shape index (κ3) is 1.08. The molecule has 3 heteroatoms. The van der Waals surface area contributed by atoms with E-state index in [0.717, 1.165) is 5.56 Å². The van der Waals surface area contributed by atoms with Crippen molar-refractivity contribution in [1.29, 1.82) is 0 Å². The smallest absolute Gasteiger partial charge is 0.274 e. The summed E-state index contributed by atoms with van der Waals surface area (Å²) < 4.78 is 4.74. The maximum Gasteiger partial charge on any atom is 0.274 e. The van der Waals surface area contributed by atoms with Gasteiger partial charge in [0.25, 0.3) is 6.54 Å². The van der Waals surface area contributed by atoms with Crippen LogP contribution in [0.5, 0.6) is 0 Å². The molecule has 0 aliphatic carbocycles. The fraction of sp³-hybridized carbons (Fsp3) is 0.333. The fourth-order valence-corrected chi connectivity index (χ4v) is 0.538. The van der Waals surface area contributed by atoms with Crippen molar-refractivity contribution >= 4 is 0 Å². The van der Waals surface area contributed by atoms with Gasteiger partial charge in [0.15, 0.2) is 0 Å². The molecule has 0 N–H and O–H groups in total. The Hall–Kier alpha value is -1.30. The van der Waals surface area contributed by atoms with Crippen LogP contribution in [0.15, 0.2) is 10.7 Å². The molecule has 0 radical (unpaired) electrons. The van der Waals surface area contributed by atoms with E-state index in [4.69, 9.17) is 11.1 Å². The molecule has 0 atom stereocenters. The van der Waals surface area contributed by atoms with Gasteiger partial charge >= 0.3 is 0 Å². The van der Waals surface area contributed by atoms with Crippen LogP contribution >= 0.6 is 0 Å². The molecule has 0 saturated carbocycles. The van der Waals surface area contributed by atoms with Crippen LogP contribution in [0, 0.1) is 13.5 Å². The summed E-state index contributed by atoms with van der Waals surface area (Å²) in [7, 11) is 0. The molecule has 0 aliphatic rings. The van der Waals surface area contributed by atoms with Gasteiger partial charge in [-0.15, -0.1) is 0 Å². The Morgan fingerprint density at radius 3 is 3.11 bits per heavy atom. The Morgan fingerprint density at radius 1 is 1.89 bits per heavy atom. The van der Waals surface area contributed by atoms with Crippen LogP contribution in [0.25, 0.3) is 4.85 Å². The quantitative estimate of drug-likeness (QED) is 0.527. The van der Waals surface area contributed by atoms with Gasteiger partial charge in [-0.25, -0.2) is 6.57 Å². The largest absolute Gasteiger partial charge is 0.353 e. The first-order valence-corrected chi connectivity index (χ1v) is 2.58. The monoisotopic (exact) mass is 122 g/mol. The predicted molar refractivity (Wildman–Crippen MR) is 31.5 cm³/mol. The Kier molecular flexibility index (Phi) is 1.50. The summed E-state index contributed by atoms with van der Waals surface area (Å²) in [5, 5.41) is 3.52. The third-order valence-corrected chi connectivity index (χ3v) is 1.07. The summed E-state index contributed by atoms with van der Waals surface area (Å²) in [6.45, 7) is 8.68. The van der Waals surface area contributed by atoms with E-state index in [0.29, 0.717) is 12.3 Å². The number of nitrogens with zero attached hydrogens (tertiary/aromatic N) is 2. The van der Waals surface area contributed by atoms with Crippen molar-refractivity contribution in [2.45, 2.75) is 13.5 Å². The maximum atomic E-state index is 6.51. The zero-order valence-electron chi connectivity index (χ0n) is 5.09. The lowest BCUT2D eigenvalue weighted by atomic mass is 10.3. The predicted octanol–water partition coefficient (Wildman–Crippen LogP) is 1.40. The first-order valence-electron chi connectivity index (χ1n) is 2.58. The first kappa shape index (κ1) is 5.83. The van der Waals surface area contributed by atoms with Crippen LogP contribution in [0.4, 0.5) is 0 Å². The van der Waals surface area contributed by atoms with Crippen molar-refractivity contribution in [2.75, 3.05) is 0 Å². The first-order chi connectivity index (χ1) is 4.34. The lowest BCUT2D eigenvalue weighted by molar-refractivity contribution is 0.389. The second kappa shape index (κ2) is 2.31. The summed E-state index contributed by atoms with van der Waals surface area (Å²) in [6, 6.07) is 0. The maximum absolute atomic E-state index is 6.51. The summed E-state index contributed by atoms with van der Waals surface area (Å²) in [6.07, 6.45) is 1.61. The van der Waals surface area contributed by atoms with Crippen LogP contribution in [-0.4, -0.2) is 5.16 Å². The second-order valence-electron chi connectivity index (χ2n) is 1.75. The molecule has 1 aromatic heterocycles. The van der Waals surface area contributed by atoms with Gasteiger partial charge in [0.05, 0.1) is 6.20 Å². The van der Waals surface area contributed by atoms with Gasteiger partial charge in [0.1, 0.15) is 0 Å². The molecule has 0 fully saturated rings. The SMILES string of the molecule is [C-]#[N+]Cc1oncc1C. The van der Waals surface area contributed by atoms with Crippen LogP contribution in [0.1, 0.15) is 11.3 Å². The highest BCUT2D eigenvalue weighted by Gasteiger charge is 2.03. The minimum atomic E-state index is 0.297. The molecule has 1 rings (SSSR count). The molecule has 9 heavy (non-hydrogen) atoms. The molecule has 1 heterocycles. The summed E-state index contributed by atoms with van der Waals surface area (Å²) in [5.41, 5.74) is 0.950. The van der Waals surface area contributed by atoms with Gasteiger partial charge in [-0.1, -0.05) is 5.16 Å². The van der Waals surface area contributed by atoms with E-state index in [9.17, 15) is 0 Å². The second-order valence-corrected chi connectivity index (χ2v) is 1.75. The van der Waals surface area contributed by atoms with Gasteiger partial charge in [0, 0.05) is 5.56 Å². The minimum absolute atomic E-state index is 0.297. The summed E-state index contributed by atoms with van der Waals surface area (Å²) in [4.78, 5) is 3.16. The van der Waals surface area contributed by atoms with Crippen molar-refractivity contribution in [3.8, 4) is 0 Å². The Bertz CT molecular complexity index is 233. The van der Waals surface area contributed by atoms with Gasteiger partial charge in [-0.3, -0.25) is 0 Å². The third-order valence-electron chi connectivity index (χ3n) is 1.07. The molecule has 0 bridgehead atoms. The van der Waals surface area contributed by atoms with E-state index in [1.165, 1.54) is 0 Å². The van der Waals surface area contributed by atoms with Crippen molar-refractivity contribution in [2.24, 2.45) is 0 Å². The fourth-order valence-electron chi connectivity index (χ4n) is 0.538. The molecule has 0 spiro atoms. The average molecular weight is 122 g/mol. The molecule has 0 aromatic carbocycles. The number of aromatic nitrogens is 1. The van der Waals surface area contributed by atoms with Crippen molar-refractivity contribution in [3.05, 3.63) is 28.9 Å². The summed E-state index contributed by atoms with van der Waals surface area (Å²) in [5.74, 6) is 0.671. The Balaban J connectivity index is 2.84. The molecule has 0 amide bonds. The van der Waals surface area contributed by atoms with E-state index in [1.807, 2.05) is 6.92 Å². The lowest BCUT2D eigenvalue weighted by Crippen LogP contribution is -1.75. The molecule has 0 aliphatic heterocycles. The van der Waals surface area contributed by atoms with E-state index in [-0.39, 0.29) is 0 Å². The molecule has 46 valence electrons. The van der Waals surface area contributed by atoms with Gasteiger partial charge < -0.3 is 9.37 Å². The van der Waals surface area contributed by atoms with E-state index in [2.05, 4.69) is 10.0 Å². The van der Waals surface area contributed by atoms with Crippen LogP contribution in [0.3, 0.4) is 0 Å². The zero-order valence-corrected chi connectivity index (χ0v) is 5.09. The standard InChI is InChI=1S/C6H6N2O/c1-5-3-8-9-6(5)4-7-2/h3H,4H2,1H3. The molecule has 0 saturated heterocycles. The van der Waals surface area contributed by atoms with Gasteiger partial charge in [0.2, 0.25) is 5.76 Å². The van der Waals surface area contributed by atoms with E-state index < -0.39 is 0 Å². The number of aryl methyl sites for hydroxylation is 1. The van der Waals surface area contributed by atoms with E-state index in [1.54, 1.807) is 6.20 Å². The Morgan fingerprint density at radius 2 is 2.67 bits per heavy atom. The highest BCUT2D eigenvalue weighted by molar-refractivity contribution is 5.11. The normalized spacial score (nSPS) is 8.89. The van der Waals surface area contributed by atoms with Gasteiger partial charge in [-0.2, -0.15) is 0 Å². The number of hydrogen-bond acceptors (Lipinski definition) is 2. The van der Waals surface area contributed by atoms with Crippen LogP contribution in [-0.2, 0) is 6.54 Å². The zero-order chi connectivity index (χ0) is 6.69. The summed E-state index contributed by atoms with van der Waals surface area (Å²) >= 11 is 0. The number of hydrogen-bond donors (Lipinski definition) is 0. The molecule has 0 unspecified atom stereocenters. The van der Waals surface area contributed by atoms with Crippen molar-refractivity contribution in [1.82, 2.24) is 5.16 Å². The molecule has 3 nitrogen and oxygen atoms in total. The molecule has 1 aromatic rings. The van der Waals surface area contributed by atoms with Crippen molar-refractivity contribution < 1.29 is 4.52 Å². The molecular formula is C6H6N2O. The highest BCUT2D eigenvalue weighted by Crippen LogP contribution is 2.05. The van der Waals surface area contributed by atoms with E-state index >= 15 is 0 Å². The minimum Gasteiger partial charge on any atom is -0.353 e. The van der Waals surface area contributed by atoms with Crippen molar-refractivity contribution in [3.63, 3.8) is 0 Å². The molecular weight excluding hydrogens is 116 g/mol. The van der Waals surface area contributed by atoms with Gasteiger partial charge in [-0.05, 0) is 6.92 Å².